The van der Waals surface area contributed by atoms with Gasteiger partial charge in [0.15, 0.2) is 0 Å². The number of benzene rings is 2. The smallest absolute Gasteiger partial charge is 0.348 e. The maximum Gasteiger partial charge on any atom is 0.477 e. The molecule has 0 spiro atoms. The Kier molecular flexibility index (Phi) is 7.30. The molecule has 2 N–H and O–H groups in total. The summed E-state index contributed by atoms with van der Waals surface area (Å²) in [5, 5.41) is 6.63. The predicted octanol–water partition coefficient (Wildman–Crippen LogP) is 5.85. The third kappa shape index (κ3) is 5.58. The van der Waals surface area contributed by atoms with Gasteiger partial charge in [-0.3, -0.25) is 9.59 Å². The van der Waals surface area contributed by atoms with Gasteiger partial charge in [0.1, 0.15) is 11.3 Å². The van der Waals surface area contributed by atoms with E-state index in [0.29, 0.717) is 5.56 Å². The summed E-state index contributed by atoms with van der Waals surface area (Å²) in [7, 11) is 0. The molecule has 0 bridgehead atoms. The highest BCUT2D eigenvalue weighted by Gasteiger charge is 2.62. The first-order chi connectivity index (χ1) is 16.6. The van der Waals surface area contributed by atoms with Gasteiger partial charge in [-0.1, -0.05) is 41.9 Å². The van der Waals surface area contributed by atoms with Gasteiger partial charge in [0.2, 0.25) is 0 Å². The molecule has 2 amide bonds. The zero-order valence-electron chi connectivity index (χ0n) is 17.5. The Labute approximate surface area is 201 Å². The molecular weight excluding hydrogens is 528 g/mol. The Morgan fingerprint density at radius 1 is 0.917 bits per heavy atom. The third-order valence-electron chi connectivity index (χ3n) is 4.66. The zero-order chi connectivity index (χ0) is 26.9. The van der Waals surface area contributed by atoms with Gasteiger partial charge in [0, 0.05) is 12.2 Å². The van der Waals surface area contributed by atoms with Gasteiger partial charge in [-0.2, -0.15) is 44.9 Å². The molecule has 2 aromatic carbocycles. The van der Waals surface area contributed by atoms with Crippen LogP contribution in [0.15, 0.2) is 54.7 Å². The Balaban J connectivity index is 1.92. The average molecular weight is 541 g/mol. The van der Waals surface area contributed by atoms with Crippen LogP contribution in [0.25, 0.3) is 0 Å². The molecule has 1 aromatic heterocycles. The summed E-state index contributed by atoms with van der Waals surface area (Å²) < 4.78 is 104. The van der Waals surface area contributed by atoms with E-state index in [1.165, 1.54) is 0 Å². The summed E-state index contributed by atoms with van der Waals surface area (Å²) in [6.07, 6.45) is -12.2. The van der Waals surface area contributed by atoms with Crippen molar-refractivity contribution in [2.24, 2.45) is 0 Å². The SMILES string of the molecule is O=C(NCc1ccccc1)c1cc(NC(=O)c2c(C(F)(F)F)cnn2C(F)(F)C(F)(F)F)ccc1Cl. The van der Waals surface area contributed by atoms with Crippen LogP contribution < -0.4 is 10.6 Å². The second kappa shape index (κ2) is 9.76. The highest BCUT2D eigenvalue weighted by Crippen LogP contribution is 2.42. The number of nitrogens with zero attached hydrogens (tertiary/aromatic N) is 2. The van der Waals surface area contributed by atoms with Crippen LogP contribution in [0.3, 0.4) is 0 Å². The topological polar surface area (TPSA) is 76.0 Å². The highest BCUT2D eigenvalue weighted by molar-refractivity contribution is 6.34. The molecule has 1 heterocycles. The lowest BCUT2D eigenvalue weighted by Gasteiger charge is -2.22. The van der Waals surface area contributed by atoms with E-state index in [2.05, 4.69) is 10.4 Å². The molecule has 0 saturated heterocycles. The van der Waals surface area contributed by atoms with Crippen molar-refractivity contribution in [1.29, 1.82) is 0 Å². The number of hydrogen-bond donors (Lipinski definition) is 2. The summed E-state index contributed by atoms with van der Waals surface area (Å²) in [4.78, 5) is 25.0. The Hall–Kier alpha value is -3.68. The van der Waals surface area contributed by atoms with Crippen molar-refractivity contribution in [3.8, 4) is 0 Å². The summed E-state index contributed by atoms with van der Waals surface area (Å²) in [5.74, 6) is -2.74. The Bertz CT molecular complexity index is 1270. The number of carbonyl (C=O) groups excluding carboxylic acids is 2. The van der Waals surface area contributed by atoms with Crippen molar-refractivity contribution >= 4 is 29.1 Å². The number of rotatable bonds is 6. The summed E-state index contributed by atoms with van der Waals surface area (Å²) >= 11 is 5.97. The van der Waals surface area contributed by atoms with Gasteiger partial charge in [-0.25, -0.2) is 0 Å². The number of nitrogens with one attached hydrogen (secondary N) is 2. The molecule has 0 atom stereocenters. The van der Waals surface area contributed by atoms with Crippen LogP contribution in [0, 0.1) is 0 Å². The molecule has 3 rings (SSSR count). The molecule has 0 unspecified atom stereocenters. The number of hydrogen-bond acceptors (Lipinski definition) is 3. The van der Waals surface area contributed by atoms with Crippen molar-refractivity contribution in [1.82, 2.24) is 15.1 Å². The van der Waals surface area contributed by atoms with Crippen molar-refractivity contribution in [2.45, 2.75) is 24.9 Å². The molecular formula is C21H13ClF8N4O2. The molecule has 36 heavy (non-hydrogen) atoms. The molecule has 0 aliphatic heterocycles. The Morgan fingerprint density at radius 2 is 1.56 bits per heavy atom. The van der Waals surface area contributed by atoms with Gasteiger partial charge in [-0.15, -0.1) is 0 Å². The lowest BCUT2D eigenvalue weighted by molar-refractivity contribution is -0.328. The van der Waals surface area contributed by atoms with Crippen LogP contribution in [0.1, 0.15) is 32.0 Å². The fourth-order valence-electron chi connectivity index (χ4n) is 2.95. The van der Waals surface area contributed by atoms with E-state index < -0.39 is 51.8 Å². The van der Waals surface area contributed by atoms with E-state index in [1.807, 2.05) is 0 Å². The average Bonchev–Trinajstić information content (AvgIpc) is 3.25. The number of amides is 2. The number of aromatic nitrogens is 2. The van der Waals surface area contributed by atoms with Gasteiger partial charge < -0.3 is 10.6 Å². The minimum absolute atomic E-state index is 0.0627. The van der Waals surface area contributed by atoms with Crippen LogP contribution in [-0.4, -0.2) is 27.8 Å². The third-order valence-corrected chi connectivity index (χ3v) is 4.99. The molecule has 0 fully saturated rings. The van der Waals surface area contributed by atoms with Crippen LogP contribution in [0.4, 0.5) is 40.8 Å². The maximum absolute atomic E-state index is 13.8. The second-order valence-corrected chi connectivity index (χ2v) is 7.58. The molecule has 0 aliphatic carbocycles. The van der Waals surface area contributed by atoms with Crippen LogP contribution >= 0.6 is 11.6 Å². The summed E-state index contributed by atoms with van der Waals surface area (Å²) in [5.41, 5.74) is -4.17. The van der Waals surface area contributed by atoms with Crippen molar-refractivity contribution in [2.75, 3.05) is 5.32 Å². The normalized spacial score (nSPS) is 12.4. The van der Waals surface area contributed by atoms with Gasteiger partial charge in [-0.05, 0) is 23.8 Å². The summed E-state index contributed by atoms with van der Waals surface area (Å²) in [6.45, 7) is 0.0627. The van der Waals surface area contributed by atoms with Gasteiger partial charge >= 0.3 is 18.4 Å². The van der Waals surface area contributed by atoms with Crippen LogP contribution in [-0.2, 0) is 18.8 Å². The van der Waals surface area contributed by atoms with Crippen LogP contribution in [0.2, 0.25) is 5.02 Å². The highest BCUT2D eigenvalue weighted by atomic mass is 35.5. The first kappa shape index (κ1) is 26.9. The van der Waals surface area contributed by atoms with E-state index in [9.17, 15) is 44.7 Å². The molecule has 192 valence electrons. The monoisotopic (exact) mass is 540 g/mol. The zero-order valence-corrected chi connectivity index (χ0v) is 18.3. The number of halogens is 9. The first-order valence-corrected chi connectivity index (χ1v) is 10.0. The van der Waals surface area contributed by atoms with Crippen molar-refractivity contribution < 1.29 is 44.7 Å². The van der Waals surface area contributed by atoms with E-state index >= 15 is 0 Å². The van der Waals surface area contributed by atoms with E-state index in [0.717, 1.165) is 18.2 Å². The number of anilines is 1. The predicted molar refractivity (Wildman–Crippen MR) is 110 cm³/mol. The molecule has 0 saturated carbocycles. The fourth-order valence-corrected chi connectivity index (χ4v) is 3.15. The lowest BCUT2D eigenvalue weighted by atomic mass is 10.1. The molecule has 15 heteroatoms. The van der Waals surface area contributed by atoms with E-state index in [1.54, 1.807) is 35.6 Å². The lowest BCUT2D eigenvalue weighted by Crippen LogP contribution is -2.42. The molecule has 0 radical (unpaired) electrons. The number of alkyl halides is 8. The first-order valence-electron chi connectivity index (χ1n) is 9.66. The van der Waals surface area contributed by atoms with Crippen molar-refractivity contribution in [3.63, 3.8) is 0 Å². The minimum Gasteiger partial charge on any atom is -0.348 e. The second-order valence-electron chi connectivity index (χ2n) is 7.17. The molecule has 3 aromatic rings. The molecule has 0 aliphatic rings. The van der Waals surface area contributed by atoms with Gasteiger partial charge in [0.05, 0.1) is 16.8 Å². The van der Waals surface area contributed by atoms with Crippen LogP contribution in [0.5, 0.6) is 0 Å². The number of carbonyl (C=O) groups is 2. The fraction of sp³-hybridized carbons (Fsp3) is 0.190. The van der Waals surface area contributed by atoms with Crippen molar-refractivity contribution in [3.05, 3.63) is 82.1 Å². The molecule has 6 nitrogen and oxygen atoms in total. The summed E-state index contributed by atoms with van der Waals surface area (Å²) in [6, 6.07) is 5.63. The minimum atomic E-state index is -6.36. The standard InChI is InChI=1S/C21H13ClF8N4O2/c22-15-7-6-12(8-13(15)17(35)31-9-11-4-2-1-3-5-11)33-18(36)16-14(19(23,24)25)10-32-34(16)21(29,30)20(26,27)28/h1-8,10H,9H2,(H,31,35)(H,33,36). The van der Waals surface area contributed by atoms with Gasteiger partial charge in [0.25, 0.3) is 11.8 Å². The quantitative estimate of drug-likeness (QED) is 0.385. The van der Waals surface area contributed by atoms with E-state index in [4.69, 9.17) is 11.6 Å². The largest absolute Gasteiger partial charge is 0.477 e. The Morgan fingerprint density at radius 3 is 2.14 bits per heavy atom. The van der Waals surface area contributed by atoms with E-state index in [-0.39, 0.29) is 23.3 Å². The maximum atomic E-state index is 13.8.